The van der Waals surface area contributed by atoms with Crippen LogP contribution in [0.2, 0.25) is 0 Å². The highest BCUT2D eigenvalue weighted by Crippen LogP contribution is 2.24. The second-order valence-electron chi connectivity index (χ2n) is 5.28. The molecule has 3 aromatic rings. The number of hydrogen-bond donors (Lipinski definition) is 0. The van der Waals surface area contributed by atoms with Crippen LogP contribution < -0.4 is 9.47 Å². The van der Waals surface area contributed by atoms with Gasteiger partial charge in [-0.25, -0.2) is 0 Å². The van der Waals surface area contributed by atoms with Crippen molar-refractivity contribution in [1.29, 1.82) is 0 Å². The molecule has 0 N–H and O–H groups in total. The molecule has 0 aliphatic rings. The Kier molecular flexibility index (Phi) is 4.95. The van der Waals surface area contributed by atoms with E-state index in [4.69, 9.17) is 9.47 Å². The van der Waals surface area contributed by atoms with Gasteiger partial charge in [0.2, 0.25) is 11.6 Å². The zero-order valence-electron chi connectivity index (χ0n) is 13.8. The van der Waals surface area contributed by atoms with Gasteiger partial charge in [0.1, 0.15) is 11.5 Å². The summed E-state index contributed by atoms with van der Waals surface area (Å²) in [6.07, 6.45) is 0. The highest BCUT2D eigenvalue weighted by Gasteiger charge is 2.16. The van der Waals surface area contributed by atoms with Gasteiger partial charge in [-0.05, 0) is 60.7 Å². The molecule has 3 rings (SSSR count). The smallest absolute Gasteiger partial charge is 0.202 e. The summed E-state index contributed by atoms with van der Waals surface area (Å²) in [5.74, 6) is 1.17. The largest absolute Gasteiger partial charge is 0.497 e. The number of ketones is 2. The Morgan fingerprint density at radius 1 is 0.640 bits per heavy atom. The molecule has 25 heavy (non-hydrogen) atoms. The Morgan fingerprint density at radius 2 is 1.00 bits per heavy atom. The fourth-order valence-corrected chi connectivity index (χ4v) is 3.28. The van der Waals surface area contributed by atoms with E-state index in [1.54, 1.807) is 74.9 Å². The van der Waals surface area contributed by atoms with Gasteiger partial charge in [-0.3, -0.25) is 9.59 Å². The van der Waals surface area contributed by atoms with Crippen LogP contribution in [0.4, 0.5) is 0 Å². The average molecular weight is 352 g/mol. The third-order valence-electron chi connectivity index (χ3n) is 3.76. The number of carbonyl (C=O) groups is 2. The van der Waals surface area contributed by atoms with Crippen LogP contribution in [-0.4, -0.2) is 25.8 Å². The van der Waals surface area contributed by atoms with E-state index in [-0.39, 0.29) is 11.6 Å². The molecule has 0 spiro atoms. The van der Waals surface area contributed by atoms with Crippen molar-refractivity contribution in [3.05, 3.63) is 81.5 Å². The molecule has 4 nitrogen and oxygen atoms in total. The normalized spacial score (nSPS) is 10.3. The van der Waals surface area contributed by atoms with Crippen molar-refractivity contribution in [3.8, 4) is 11.5 Å². The summed E-state index contributed by atoms with van der Waals surface area (Å²) in [5, 5.41) is 0. The summed E-state index contributed by atoms with van der Waals surface area (Å²) in [5.41, 5.74) is 1.12. The monoisotopic (exact) mass is 352 g/mol. The SMILES string of the molecule is COc1ccc(C(=O)c2ccc(C(=O)c3ccc(OC)cc3)s2)cc1. The van der Waals surface area contributed by atoms with E-state index in [1.807, 2.05) is 0 Å². The lowest BCUT2D eigenvalue weighted by molar-refractivity contribution is 0.103. The van der Waals surface area contributed by atoms with E-state index in [0.717, 1.165) is 0 Å². The van der Waals surface area contributed by atoms with E-state index in [1.165, 1.54) is 11.3 Å². The molecular formula is C20H16O4S. The number of rotatable bonds is 6. The number of ether oxygens (including phenoxy) is 2. The molecule has 0 radical (unpaired) electrons. The lowest BCUT2D eigenvalue weighted by atomic mass is 10.1. The van der Waals surface area contributed by atoms with Crippen LogP contribution in [0.3, 0.4) is 0 Å². The summed E-state index contributed by atoms with van der Waals surface area (Å²) in [6.45, 7) is 0. The van der Waals surface area contributed by atoms with Gasteiger partial charge < -0.3 is 9.47 Å². The zero-order valence-corrected chi connectivity index (χ0v) is 14.6. The molecule has 0 aliphatic heterocycles. The van der Waals surface area contributed by atoms with Gasteiger partial charge in [-0.2, -0.15) is 0 Å². The van der Waals surface area contributed by atoms with Crippen LogP contribution in [0, 0.1) is 0 Å². The lowest BCUT2D eigenvalue weighted by Gasteiger charge is -2.02. The van der Waals surface area contributed by atoms with Gasteiger partial charge in [0, 0.05) is 11.1 Å². The maximum atomic E-state index is 12.5. The fourth-order valence-electron chi connectivity index (χ4n) is 2.35. The minimum absolute atomic E-state index is 0.110. The molecule has 0 bridgehead atoms. The van der Waals surface area contributed by atoms with E-state index in [2.05, 4.69) is 0 Å². The van der Waals surface area contributed by atoms with Gasteiger partial charge in [0.05, 0.1) is 24.0 Å². The summed E-state index contributed by atoms with van der Waals surface area (Å²) in [7, 11) is 3.15. The fraction of sp³-hybridized carbons (Fsp3) is 0.100. The number of thiophene rings is 1. The molecule has 0 saturated heterocycles. The minimum atomic E-state index is -0.110. The molecule has 0 saturated carbocycles. The minimum Gasteiger partial charge on any atom is -0.497 e. The van der Waals surface area contributed by atoms with Crippen molar-refractivity contribution in [2.45, 2.75) is 0 Å². The third kappa shape index (κ3) is 3.61. The Balaban J connectivity index is 1.80. The Labute approximate surface area is 149 Å². The van der Waals surface area contributed by atoms with Gasteiger partial charge >= 0.3 is 0 Å². The summed E-state index contributed by atoms with van der Waals surface area (Å²) in [4.78, 5) is 26.1. The molecule has 1 aromatic heterocycles. The Hall–Kier alpha value is -2.92. The predicted octanol–water partition coefficient (Wildman–Crippen LogP) is 4.23. The Bertz CT molecular complexity index is 818. The lowest BCUT2D eigenvalue weighted by Crippen LogP contribution is -1.99. The standard InChI is InChI=1S/C20H16O4S/c1-23-15-7-3-13(4-8-15)19(21)17-11-12-18(25-17)20(22)14-5-9-16(24-2)10-6-14/h3-12H,1-2H3. The zero-order chi connectivity index (χ0) is 17.8. The van der Waals surface area contributed by atoms with Crippen LogP contribution in [0.25, 0.3) is 0 Å². The van der Waals surface area contributed by atoms with Crippen LogP contribution in [0.1, 0.15) is 30.5 Å². The number of hydrogen-bond acceptors (Lipinski definition) is 5. The average Bonchev–Trinajstić information content (AvgIpc) is 3.17. The number of methoxy groups -OCH3 is 2. The van der Waals surface area contributed by atoms with Crippen LogP contribution >= 0.6 is 11.3 Å². The van der Waals surface area contributed by atoms with Gasteiger partial charge in [-0.15, -0.1) is 11.3 Å². The van der Waals surface area contributed by atoms with Crippen molar-refractivity contribution in [2.24, 2.45) is 0 Å². The molecule has 0 fully saturated rings. The van der Waals surface area contributed by atoms with Crippen molar-refractivity contribution < 1.29 is 19.1 Å². The summed E-state index contributed by atoms with van der Waals surface area (Å²) < 4.78 is 10.2. The molecule has 0 atom stereocenters. The highest BCUT2D eigenvalue weighted by atomic mass is 32.1. The first-order valence-electron chi connectivity index (χ1n) is 7.59. The van der Waals surface area contributed by atoms with Crippen molar-refractivity contribution in [2.75, 3.05) is 14.2 Å². The van der Waals surface area contributed by atoms with Crippen LogP contribution in [-0.2, 0) is 0 Å². The first kappa shape index (κ1) is 16.9. The van der Waals surface area contributed by atoms with Gasteiger partial charge in [0.15, 0.2) is 0 Å². The van der Waals surface area contributed by atoms with E-state index >= 15 is 0 Å². The van der Waals surface area contributed by atoms with Crippen molar-refractivity contribution >= 4 is 22.9 Å². The van der Waals surface area contributed by atoms with Crippen LogP contribution in [0.5, 0.6) is 11.5 Å². The van der Waals surface area contributed by atoms with Crippen molar-refractivity contribution in [1.82, 2.24) is 0 Å². The molecule has 0 amide bonds. The number of carbonyl (C=O) groups excluding carboxylic acids is 2. The number of benzene rings is 2. The van der Waals surface area contributed by atoms with Gasteiger partial charge in [-0.1, -0.05) is 0 Å². The summed E-state index contributed by atoms with van der Waals surface area (Å²) >= 11 is 1.20. The van der Waals surface area contributed by atoms with E-state index in [0.29, 0.717) is 32.4 Å². The Morgan fingerprint density at radius 3 is 1.32 bits per heavy atom. The van der Waals surface area contributed by atoms with E-state index < -0.39 is 0 Å². The molecule has 126 valence electrons. The topological polar surface area (TPSA) is 52.6 Å². The third-order valence-corrected chi connectivity index (χ3v) is 4.84. The molecule has 2 aromatic carbocycles. The van der Waals surface area contributed by atoms with E-state index in [9.17, 15) is 9.59 Å². The van der Waals surface area contributed by atoms with Gasteiger partial charge in [0.25, 0.3) is 0 Å². The van der Waals surface area contributed by atoms with Crippen LogP contribution in [0.15, 0.2) is 60.7 Å². The summed E-state index contributed by atoms with van der Waals surface area (Å²) in [6, 6.07) is 17.2. The first-order chi connectivity index (χ1) is 12.1. The maximum absolute atomic E-state index is 12.5. The molecule has 5 heteroatoms. The second-order valence-corrected chi connectivity index (χ2v) is 6.36. The van der Waals surface area contributed by atoms with Crippen molar-refractivity contribution in [3.63, 3.8) is 0 Å². The second kappa shape index (κ2) is 7.32. The maximum Gasteiger partial charge on any atom is 0.202 e. The quantitative estimate of drug-likeness (QED) is 0.623. The molecule has 0 aliphatic carbocycles. The first-order valence-corrected chi connectivity index (χ1v) is 8.41. The molecular weight excluding hydrogens is 336 g/mol. The molecule has 1 heterocycles. The highest BCUT2D eigenvalue weighted by molar-refractivity contribution is 7.16. The predicted molar refractivity (Wildman–Crippen MR) is 97.2 cm³/mol. The molecule has 0 unspecified atom stereocenters.